The monoisotopic (exact) mass is 279 g/mol. The average Bonchev–Trinajstić information content (AvgIpc) is 2.27. The second-order valence-corrected chi connectivity index (χ2v) is 3.41. The third-order valence-corrected chi connectivity index (χ3v) is 1.61. The maximum absolute atomic E-state index is 11.0. The van der Waals surface area contributed by atoms with Gasteiger partial charge in [0.15, 0.2) is 0 Å². The second-order valence-electron chi connectivity index (χ2n) is 2.88. The molecule has 1 aromatic carbocycles. The van der Waals surface area contributed by atoms with E-state index in [1.165, 1.54) is 14.0 Å². The van der Waals surface area contributed by atoms with Gasteiger partial charge in [-0.3, -0.25) is 9.59 Å². The van der Waals surface area contributed by atoms with Crippen LogP contribution < -0.4 is 5.73 Å². The van der Waals surface area contributed by atoms with Crippen molar-refractivity contribution in [2.24, 2.45) is 5.73 Å². The number of methoxy groups -OCH3 is 1. The lowest BCUT2D eigenvalue weighted by Gasteiger charge is -2.08. The number of hydrogen-bond donors (Lipinski definition) is 1. The first kappa shape index (κ1) is 18.3. The topological polar surface area (TPSA) is 69.4 Å². The van der Waals surface area contributed by atoms with Crippen molar-refractivity contribution in [3.8, 4) is 0 Å². The first-order valence-corrected chi connectivity index (χ1v) is 4.91. The van der Waals surface area contributed by atoms with E-state index in [1.807, 2.05) is 18.2 Å². The number of carbonyl (C=O) groups excluding carboxylic acids is 2. The van der Waals surface area contributed by atoms with Gasteiger partial charge in [0.2, 0.25) is 5.24 Å². The van der Waals surface area contributed by atoms with Crippen LogP contribution in [0.3, 0.4) is 0 Å². The summed E-state index contributed by atoms with van der Waals surface area (Å²) in [5.74, 6) is -0.416. The highest BCUT2D eigenvalue weighted by atomic mass is 35.5. The molecule has 1 atom stereocenters. The van der Waals surface area contributed by atoms with Gasteiger partial charge in [-0.05, 0) is 17.2 Å². The van der Waals surface area contributed by atoms with Gasteiger partial charge in [0.25, 0.3) is 0 Å². The molecule has 2 N–H and O–H groups in total. The molecule has 0 amide bonds. The number of ether oxygens (including phenoxy) is 1. The van der Waals surface area contributed by atoms with E-state index in [0.717, 1.165) is 5.56 Å². The number of nitrogens with two attached hydrogens (primary N) is 1. The maximum atomic E-state index is 11.0. The molecule has 0 bridgehead atoms. The third kappa shape index (κ3) is 8.68. The van der Waals surface area contributed by atoms with Crippen LogP contribution in [0.2, 0.25) is 0 Å². The Labute approximate surface area is 111 Å². The Kier molecular flexibility index (Phi) is 10.8. The van der Waals surface area contributed by atoms with Crippen LogP contribution in [0, 0.1) is 0 Å². The normalized spacial score (nSPS) is 10.1. The molecule has 0 saturated heterocycles. The SMILES string of the molecule is CC(=O)Cl.COC(=O)[C@H](N)c1ccccc1.Cl. The van der Waals surface area contributed by atoms with Gasteiger partial charge in [0, 0.05) is 6.92 Å². The minimum absolute atomic E-state index is 0. The minimum Gasteiger partial charge on any atom is -0.468 e. The average molecular weight is 280 g/mol. The number of benzene rings is 1. The Morgan fingerprint density at radius 2 is 1.71 bits per heavy atom. The number of rotatable bonds is 2. The van der Waals surface area contributed by atoms with Gasteiger partial charge in [-0.2, -0.15) is 0 Å². The molecule has 0 aliphatic carbocycles. The van der Waals surface area contributed by atoms with Crippen molar-refractivity contribution in [3.63, 3.8) is 0 Å². The molecule has 0 radical (unpaired) electrons. The molecule has 4 nitrogen and oxygen atoms in total. The van der Waals surface area contributed by atoms with Crippen LogP contribution in [0.25, 0.3) is 0 Å². The van der Waals surface area contributed by atoms with E-state index in [9.17, 15) is 9.59 Å². The van der Waals surface area contributed by atoms with Crippen LogP contribution in [-0.4, -0.2) is 18.3 Å². The summed E-state index contributed by atoms with van der Waals surface area (Å²) in [4.78, 5) is 20.2. The largest absolute Gasteiger partial charge is 0.468 e. The van der Waals surface area contributed by atoms with Crippen LogP contribution in [0.1, 0.15) is 18.5 Å². The summed E-state index contributed by atoms with van der Waals surface area (Å²) in [6.07, 6.45) is 0. The first-order valence-electron chi connectivity index (χ1n) is 4.53. The highest BCUT2D eigenvalue weighted by Gasteiger charge is 2.14. The summed E-state index contributed by atoms with van der Waals surface area (Å²) >= 11 is 4.64. The van der Waals surface area contributed by atoms with E-state index in [-0.39, 0.29) is 17.6 Å². The second kappa shape index (κ2) is 10.1. The zero-order valence-electron chi connectivity index (χ0n) is 9.55. The van der Waals surface area contributed by atoms with Crippen molar-refractivity contribution < 1.29 is 14.3 Å². The molecule has 17 heavy (non-hydrogen) atoms. The van der Waals surface area contributed by atoms with Gasteiger partial charge in [0.05, 0.1) is 7.11 Å². The molecule has 0 aliphatic rings. The molecule has 0 fully saturated rings. The van der Waals surface area contributed by atoms with E-state index >= 15 is 0 Å². The van der Waals surface area contributed by atoms with E-state index in [0.29, 0.717) is 0 Å². The lowest BCUT2D eigenvalue weighted by atomic mass is 10.1. The molecule has 96 valence electrons. The Balaban J connectivity index is 0. The van der Waals surface area contributed by atoms with Crippen molar-refractivity contribution in [1.82, 2.24) is 0 Å². The van der Waals surface area contributed by atoms with Gasteiger partial charge in [-0.25, -0.2) is 0 Å². The summed E-state index contributed by atoms with van der Waals surface area (Å²) in [5, 5.41) is -0.361. The molecule has 0 saturated carbocycles. The van der Waals surface area contributed by atoms with Crippen molar-refractivity contribution in [3.05, 3.63) is 35.9 Å². The smallest absolute Gasteiger partial charge is 0.327 e. The highest BCUT2D eigenvalue weighted by Crippen LogP contribution is 2.09. The van der Waals surface area contributed by atoms with Crippen molar-refractivity contribution in [2.45, 2.75) is 13.0 Å². The molecule has 0 spiro atoms. The predicted molar refractivity (Wildman–Crippen MR) is 69.2 cm³/mol. The number of esters is 1. The van der Waals surface area contributed by atoms with Crippen LogP contribution in [0.5, 0.6) is 0 Å². The van der Waals surface area contributed by atoms with Crippen LogP contribution in [-0.2, 0) is 14.3 Å². The van der Waals surface area contributed by atoms with E-state index in [2.05, 4.69) is 16.3 Å². The van der Waals surface area contributed by atoms with Gasteiger partial charge in [0.1, 0.15) is 6.04 Å². The van der Waals surface area contributed by atoms with Crippen molar-refractivity contribution in [2.75, 3.05) is 7.11 Å². The lowest BCUT2D eigenvalue weighted by Crippen LogP contribution is -2.22. The summed E-state index contributed by atoms with van der Waals surface area (Å²) in [6.45, 7) is 1.29. The molecule has 0 aromatic heterocycles. The highest BCUT2D eigenvalue weighted by molar-refractivity contribution is 6.62. The Morgan fingerprint density at radius 3 is 2.06 bits per heavy atom. The number of halogens is 2. The Bertz CT molecular complexity index is 340. The first-order chi connectivity index (χ1) is 7.49. The van der Waals surface area contributed by atoms with Gasteiger partial charge < -0.3 is 10.5 Å². The molecule has 0 unspecified atom stereocenters. The van der Waals surface area contributed by atoms with E-state index in [1.54, 1.807) is 12.1 Å². The predicted octanol–water partition coefficient (Wildman–Crippen LogP) is 2.05. The molecule has 1 rings (SSSR count). The standard InChI is InChI=1S/C9H11NO2.C2H3ClO.ClH/c1-12-9(11)8(10)7-5-3-2-4-6-7;1-2(3)4;/h2-6,8H,10H2,1H3;1H3;1H/t8-;;/m1../s1. The van der Waals surface area contributed by atoms with Crippen LogP contribution >= 0.6 is 24.0 Å². The van der Waals surface area contributed by atoms with Crippen molar-refractivity contribution >= 4 is 35.2 Å². The Hall–Kier alpha value is -1.10. The minimum atomic E-state index is -0.670. The van der Waals surface area contributed by atoms with Crippen LogP contribution in [0.15, 0.2) is 30.3 Å². The Morgan fingerprint density at radius 1 is 1.29 bits per heavy atom. The fraction of sp³-hybridized carbons (Fsp3) is 0.273. The number of carbonyl (C=O) groups is 2. The third-order valence-electron chi connectivity index (χ3n) is 1.61. The van der Waals surface area contributed by atoms with Gasteiger partial charge >= 0.3 is 5.97 Å². The summed E-state index contributed by atoms with van der Waals surface area (Å²) in [5.41, 5.74) is 6.34. The van der Waals surface area contributed by atoms with Gasteiger partial charge in [-0.15, -0.1) is 12.4 Å². The fourth-order valence-corrected chi connectivity index (χ4v) is 0.923. The number of hydrogen-bond acceptors (Lipinski definition) is 4. The quantitative estimate of drug-likeness (QED) is 0.665. The van der Waals surface area contributed by atoms with Crippen molar-refractivity contribution in [1.29, 1.82) is 0 Å². The van der Waals surface area contributed by atoms with E-state index < -0.39 is 12.0 Å². The molecule has 6 heteroatoms. The van der Waals surface area contributed by atoms with Crippen LogP contribution in [0.4, 0.5) is 0 Å². The fourth-order valence-electron chi connectivity index (χ4n) is 0.923. The van der Waals surface area contributed by atoms with E-state index in [4.69, 9.17) is 5.73 Å². The maximum Gasteiger partial charge on any atom is 0.327 e. The van der Waals surface area contributed by atoms with Gasteiger partial charge in [-0.1, -0.05) is 30.3 Å². The molecule has 1 aromatic rings. The summed E-state index contributed by atoms with van der Waals surface area (Å²) in [7, 11) is 1.32. The summed E-state index contributed by atoms with van der Waals surface area (Å²) in [6, 6.07) is 8.45. The molecule has 0 heterocycles. The summed E-state index contributed by atoms with van der Waals surface area (Å²) < 4.78 is 4.50. The zero-order chi connectivity index (χ0) is 12.6. The lowest BCUT2D eigenvalue weighted by molar-refractivity contribution is -0.142. The molecular weight excluding hydrogens is 265 g/mol. The molecule has 0 aliphatic heterocycles. The molecular formula is C11H15Cl2NO3. The zero-order valence-corrected chi connectivity index (χ0v) is 11.1.